The van der Waals surface area contributed by atoms with Gasteiger partial charge in [-0.1, -0.05) is 5.16 Å². The summed E-state index contributed by atoms with van der Waals surface area (Å²) in [5, 5.41) is 11.0. The van der Waals surface area contributed by atoms with Crippen LogP contribution < -0.4 is 11.1 Å². The van der Waals surface area contributed by atoms with E-state index in [2.05, 4.69) is 15.6 Å². The van der Waals surface area contributed by atoms with E-state index >= 15 is 0 Å². The Balaban J connectivity index is 1.62. The second-order valence-corrected chi connectivity index (χ2v) is 6.00. The standard InChI is InChI=1S/C15H21N5O4/c1-9-6-12(20(18-9)11-2-4-23-5-3-11)15(22)17-8-10-7-13(14(16)21)24-19-10/h6,11,13H,2-5,7-8H2,1H3,(H2,16,21)(H,17,22). The minimum atomic E-state index is -0.744. The fourth-order valence-corrected chi connectivity index (χ4v) is 2.85. The number of oxime groups is 1. The Morgan fingerprint density at radius 3 is 2.83 bits per heavy atom. The first-order valence-electron chi connectivity index (χ1n) is 7.97. The Bertz CT molecular complexity index is 663. The average molecular weight is 335 g/mol. The highest BCUT2D eigenvalue weighted by atomic mass is 16.6. The summed E-state index contributed by atoms with van der Waals surface area (Å²) in [7, 11) is 0. The zero-order valence-corrected chi connectivity index (χ0v) is 13.5. The van der Waals surface area contributed by atoms with Crippen LogP contribution in [0.5, 0.6) is 0 Å². The Labute approximate surface area is 139 Å². The number of primary amides is 1. The van der Waals surface area contributed by atoms with Gasteiger partial charge in [-0.2, -0.15) is 5.10 Å². The molecule has 3 rings (SSSR count). The van der Waals surface area contributed by atoms with E-state index in [4.69, 9.17) is 15.3 Å². The van der Waals surface area contributed by atoms with E-state index in [0.29, 0.717) is 31.0 Å². The first kappa shape index (κ1) is 16.4. The van der Waals surface area contributed by atoms with Gasteiger partial charge in [0.2, 0.25) is 6.10 Å². The number of aryl methyl sites for hydroxylation is 1. The van der Waals surface area contributed by atoms with Crippen LogP contribution in [0.1, 0.15) is 41.5 Å². The van der Waals surface area contributed by atoms with Gasteiger partial charge >= 0.3 is 0 Å². The number of nitrogens with one attached hydrogen (secondary N) is 1. The summed E-state index contributed by atoms with van der Waals surface area (Å²) < 4.78 is 7.15. The predicted molar refractivity (Wildman–Crippen MR) is 84.5 cm³/mol. The maximum absolute atomic E-state index is 12.5. The van der Waals surface area contributed by atoms with Crippen LogP contribution in [0.15, 0.2) is 11.2 Å². The van der Waals surface area contributed by atoms with Gasteiger partial charge in [-0.3, -0.25) is 14.3 Å². The second kappa shape index (κ2) is 7.00. The summed E-state index contributed by atoms with van der Waals surface area (Å²) in [6.07, 6.45) is 1.23. The van der Waals surface area contributed by atoms with Crippen molar-refractivity contribution in [3.63, 3.8) is 0 Å². The zero-order chi connectivity index (χ0) is 17.1. The molecule has 9 nitrogen and oxygen atoms in total. The Kier molecular flexibility index (Phi) is 4.79. The molecule has 3 N–H and O–H groups in total. The summed E-state index contributed by atoms with van der Waals surface area (Å²) in [4.78, 5) is 28.5. The highest BCUT2D eigenvalue weighted by Crippen LogP contribution is 2.22. The fourth-order valence-electron chi connectivity index (χ4n) is 2.85. The first-order chi connectivity index (χ1) is 11.5. The normalized spacial score (nSPS) is 21.2. The van der Waals surface area contributed by atoms with Crippen molar-refractivity contribution in [2.45, 2.75) is 38.3 Å². The van der Waals surface area contributed by atoms with Crippen molar-refractivity contribution in [1.29, 1.82) is 0 Å². The number of rotatable bonds is 5. The molecule has 2 aliphatic rings. The minimum absolute atomic E-state index is 0.166. The number of carbonyl (C=O) groups is 2. The topological polar surface area (TPSA) is 121 Å². The van der Waals surface area contributed by atoms with Crippen LogP contribution in [0.2, 0.25) is 0 Å². The molecule has 0 bridgehead atoms. The zero-order valence-electron chi connectivity index (χ0n) is 13.5. The molecule has 1 unspecified atom stereocenters. The molecule has 9 heteroatoms. The van der Waals surface area contributed by atoms with Crippen molar-refractivity contribution in [2.75, 3.05) is 19.8 Å². The molecule has 0 radical (unpaired) electrons. The smallest absolute Gasteiger partial charge is 0.269 e. The van der Waals surface area contributed by atoms with Gasteiger partial charge in [0.05, 0.1) is 24.0 Å². The predicted octanol–water partition coefficient (Wildman–Crippen LogP) is -0.0970. The van der Waals surface area contributed by atoms with Gasteiger partial charge in [-0.25, -0.2) is 0 Å². The van der Waals surface area contributed by atoms with E-state index in [1.165, 1.54) is 0 Å². The lowest BCUT2D eigenvalue weighted by Gasteiger charge is -2.23. The van der Waals surface area contributed by atoms with Gasteiger partial charge in [-0.15, -0.1) is 0 Å². The van der Waals surface area contributed by atoms with Gasteiger partial charge in [0.15, 0.2) is 0 Å². The van der Waals surface area contributed by atoms with Gasteiger partial charge in [0.25, 0.3) is 11.8 Å². The molecule has 2 amide bonds. The summed E-state index contributed by atoms with van der Waals surface area (Å²) in [6.45, 7) is 3.42. The number of aromatic nitrogens is 2. The lowest BCUT2D eigenvalue weighted by Crippen LogP contribution is -2.34. The summed E-state index contributed by atoms with van der Waals surface area (Å²) in [6, 6.07) is 1.93. The van der Waals surface area contributed by atoms with Crippen molar-refractivity contribution in [2.24, 2.45) is 10.9 Å². The molecule has 1 atom stereocenters. The van der Waals surface area contributed by atoms with Crippen molar-refractivity contribution >= 4 is 17.5 Å². The lowest BCUT2D eigenvalue weighted by molar-refractivity contribution is -0.127. The summed E-state index contributed by atoms with van der Waals surface area (Å²) in [5.41, 5.74) is 7.06. The molecule has 0 saturated carbocycles. The number of ether oxygens (including phenoxy) is 1. The maximum Gasteiger partial charge on any atom is 0.269 e. The van der Waals surface area contributed by atoms with Gasteiger partial charge < -0.3 is 20.6 Å². The van der Waals surface area contributed by atoms with E-state index in [1.807, 2.05) is 6.92 Å². The molecule has 24 heavy (non-hydrogen) atoms. The van der Waals surface area contributed by atoms with E-state index in [-0.39, 0.29) is 18.5 Å². The Morgan fingerprint density at radius 1 is 1.42 bits per heavy atom. The van der Waals surface area contributed by atoms with E-state index in [9.17, 15) is 9.59 Å². The van der Waals surface area contributed by atoms with Crippen molar-refractivity contribution < 1.29 is 19.2 Å². The highest BCUT2D eigenvalue weighted by molar-refractivity contribution is 5.98. The van der Waals surface area contributed by atoms with Gasteiger partial charge in [-0.05, 0) is 25.8 Å². The second-order valence-electron chi connectivity index (χ2n) is 6.00. The third-order valence-corrected chi connectivity index (χ3v) is 4.13. The quantitative estimate of drug-likeness (QED) is 0.778. The third kappa shape index (κ3) is 3.56. The molecule has 130 valence electrons. The molecule has 3 heterocycles. The molecular weight excluding hydrogens is 314 g/mol. The first-order valence-corrected chi connectivity index (χ1v) is 7.97. The largest absolute Gasteiger partial charge is 0.382 e. The fraction of sp³-hybridized carbons (Fsp3) is 0.600. The SMILES string of the molecule is Cc1cc(C(=O)NCC2=NOC(C(N)=O)C2)n(C2CCOCC2)n1. The molecule has 1 aromatic heterocycles. The molecular formula is C15H21N5O4. The van der Waals surface area contributed by atoms with Crippen molar-refractivity contribution in [3.05, 3.63) is 17.5 Å². The minimum Gasteiger partial charge on any atom is -0.382 e. The highest BCUT2D eigenvalue weighted by Gasteiger charge is 2.27. The Morgan fingerprint density at radius 2 is 2.17 bits per heavy atom. The number of hydrogen-bond donors (Lipinski definition) is 2. The van der Waals surface area contributed by atoms with Crippen LogP contribution >= 0.6 is 0 Å². The average Bonchev–Trinajstić information content (AvgIpc) is 3.20. The number of nitrogens with two attached hydrogens (primary N) is 1. The monoisotopic (exact) mass is 335 g/mol. The molecule has 0 aromatic carbocycles. The van der Waals surface area contributed by atoms with E-state index in [0.717, 1.165) is 18.5 Å². The van der Waals surface area contributed by atoms with Crippen LogP contribution in [0, 0.1) is 6.92 Å². The van der Waals surface area contributed by atoms with Crippen LogP contribution in [-0.4, -0.2) is 53.2 Å². The maximum atomic E-state index is 12.5. The molecule has 1 aromatic rings. The lowest BCUT2D eigenvalue weighted by atomic mass is 10.1. The summed E-state index contributed by atoms with van der Waals surface area (Å²) >= 11 is 0. The van der Waals surface area contributed by atoms with Crippen LogP contribution in [0.25, 0.3) is 0 Å². The number of hydrogen-bond acceptors (Lipinski definition) is 6. The van der Waals surface area contributed by atoms with Gasteiger partial charge in [0.1, 0.15) is 5.69 Å². The van der Waals surface area contributed by atoms with Crippen molar-refractivity contribution in [3.8, 4) is 0 Å². The van der Waals surface area contributed by atoms with Crippen molar-refractivity contribution in [1.82, 2.24) is 15.1 Å². The molecule has 0 spiro atoms. The van der Waals surface area contributed by atoms with Gasteiger partial charge in [0, 0.05) is 19.6 Å². The molecule has 1 saturated heterocycles. The van der Waals surface area contributed by atoms with E-state index in [1.54, 1.807) is 10.7 Å². The number of carbonyl (C=O) groups excluding carboxylic acids is 2. The van der Waals surface area contributed by atoms with Crippen LogP contribution in [0.4, 0.5) is 0 Å². The third-order valence-electron chi connectivity index (χ3n) is 4.13. The Hall–Kier alpha value is -2.42. The number of nitrogens with zero attached hydrogens (tertiary/aromatic N) is 3. The molecule has 0 aliphatic carbocycles. The molecule has 2 aliphatic heterocycles. The number of amides is 2. The molecule has 1 fully saturated rings. The van der Waals surface area contributed by atoms with Crippen LogP contribution in [-0.2, 0) is 14.4 Å². The van der Waals surface area contributed by atoms with Crippen LogP contribution in [0.3, 0.4) is 0 Å². The van der Waals surface area contributed by atoms with E-state index < -0.39 is 12.0 Å². The summed E-state index contributed by atoms with van der Waals surface area (Å²) in [5.74, 6) is -0.791.